The van der Waals surface area contributed by atoms with Crippen molar-refractivity contribution < 1.29 is 23.9 Å². The summed E-state index contributed by atoms with van der Waals surface area (Å²) in [6, 6.07) is -3.18. The second-order valence-electron chi connectivity index (χ2n) is 1.15. The summed E-state index contributed by atoms with van der Waals surface area (Å²) in [6.45, 7) is 0. The zero-order chi connectivity index (χ0) is 10.2. The summed E-state index contributed by atoms with van der Waals surface area (Å²) in [5, 5.41) is 16.4. The molecule has 52 valence electrons. The van der Waals surface area contributed by atoms with Gasteiger partial charge in [0, 0.05) is 2.74 Å². The van der Waals surface area contributed by atoms with E-state index in [2.05, 4.69) is 5.73 Å². The van der Waals surface area contributed by atoms with Crippen LogP contribution in [0.1, 0.15) is 10.5 Å². The van der Waals surface area contributed by atoms with Crippen LogP contribution in [0.15, 0.2) is 0 Å². The van der Waals surface area contributed by atoms with Crippen LogP contribution >= 0.6 is 0 Å². The minimum absolute atomic E-state index is 2.03. The van der Waals surface area contributed by atoms with E-state index in [0.29, 0.717) is 0 Å². The van der Waals surface area contributed by atoms with Gasteiger partial charge in [0.15, 0.2) is 0 Å². The van der Waals surface area contributed by atoms with Crippen LogP contribution in [0.5, 0.6) is 0 Å². The Balaban J connectivity index is 5.01. The second kappa shape index (κ2) is 3.03. The van der Waals surface area contributed by atoms with Crippen LogP contribution in [-0.2, 0) is 9.59 Å². The average Bonchev–Trinajstić information content (AvgIpc) is 1.86. The summed E-state index contributed by atoms with van der Waals surface area (Å²) in [6.07, 6.45) is -3.32. The molecule has 5 nitrogen and oxygen atoms in total. The lowest BCUT2D eigenvalue weighted by Crippen LogP contribution is -2.32. The molecule has 0 saturated heterocycles. The molecule has 0 bridgehead atoms. The number of carboxylic acids is 2. The van der Waals surface area contributed by atoms with Gasteiger partial charge in [0.1, 0.15) is 6.02 Å². The molecule has 0 rings (SSSR count). The van der Waals surface area contributed by atoms with E-state index in [0.717, 1.165) is 0 Å². The third-order valence-corrected chi connectivity index (χ3v) is 0.472. The normalized spacial score (nSPS) is 22.6. The van der Waals surface area contributed by atoms with Crippen molar-refractivity contribution in [3.63, 3.8) is 0 Å². The zero-order valence-corrected chi connectivity index (χ0v) is 4.29. The number of rotatable bonds is 3. The number of carbonyl (C=O) groups is 2. The van der Waals surface area contributed by atoms with Gasteiger partial charge in [-0.1, -0.05) is 0 Å². The molecule has 5 heteroatoms. The van der Waals surface area contributed by atoms with Gasteiger partial charge >= 0.3 is 11.9 Å². The molecule has 0 unspecified atom stereocenters. The molecule has 9 heavy (non-hydrogen) atoms. The third-order valence-electron chi connectivity index (χ3n) is 0.472. The lowest BCUT2D eigenvalue weighted by atomic mass is 10.2. The van der Waals surface area contributed by atoms with Gasteiger partial charge in [-0.05, 0) is 0 Å². The summed E-state index contributed by atoms with van der Waals surface area (Å²) in [4.78, 5) is 20.3. The molecule has 0 heterocycles. The highest BCUT2D eigenvalue weighted by atomic mass is 16.4. The standard InChI is InChI=1S/C4H7NO4/c5-2(4(8)9)1-3(6)7/h2H,1,5H2,(H,6,7)(H,8,9)/t2-/m1/s1/i1D2,2D. The van der Waals surface area contributed by atoms with E-state index in [1.807, 2.05) is 0 Å². The van der Waals surface area contributed by atoms with Crippen LogP contribution in [0, 0.1) is 0 Å². The van der Waals surface area contributed by atoms with Crippen LogP contribution < -0.4 is 5.73 Å². The molecule has 0 aromatic rings. The van der Waals surface area contributed by atoms with E-state index >= 15 is 0 Å². The summed E-state index contributed by atoms with van der Waals surface area (Å²) in [7, 11) is 0. The van der Waals surface area contributed by atoms with Crippen molar-refractivity contribution in [3.8, 4) is 0 Å². The molecule has 0 saturated carbocycles. The first-order valence-electron chi connectivity index (χ1n) is 3.39. The molecule has 4 N–H and O–H groups in total. The quantitative estimate of drug-likeness (QED) is 0.456. The maximum atomic E-state index is 10.2. The molecule has 0 aliphatic rings. The van der Waals surface area contributed by atoms with Crippen molar-refractivity contribution in [3.05, 3.63) is 0 Å². The molecular formula is C4H7NO4. The molecule has 0 spiro atoms. The smallest absolute Gasteiger partial charge is 0.321 e. The summed E-state index contributed by atoms with van der Waals surface area (Å²) in [5.41, 5.74) is 4.65. The highest BCUT2D eigenvalue weighted by Crippen LogP contribution is 1.86. The number of hydrogen-bond acceptors (Lipinski definition) is 3. The van der Waals surface area contributed by atoms with Crippen LogP contribution in [0.4, 0.5) is 0 Å². The molecule has 0 aliphatic carbocycles. The molecule has 0 aliphatic heterocycles. The highest BCUT2D eigenvalue weighted by molar-refractivity contribution is 5.80. The lowest BCUT2D eigenvalue weighted by molar-refractivity contribution is -0.144. The van der Waals surface area contributed by atoms with Gasteiger partial charge in [-0.25, -0.2) is 0 Å². The first-order chi connectivity index (χ1) is 5.14. The summed E-state index contributed by atoms with van der Waals surface area (Å²) < 4.78 is 20.1. The molecular weight excluding hydrogens is 126 g/mol. The minimum atomic E-state index is -3.32. The van der Waals surface area contributed by atoms with Crippen LogP contribution in [0.25, 0.3) is 0 Å². The monoisotopic (exact) mass is 136 g/mol. The Morgan fingerprint density at radius 2 is 2.22 bits per heavy atom. The van der Waals surface area contributed by atoms with Crippen LogP contribution in [0.3, 0.4) is 0 Å². The maximum Gasteiger partial charge on any atom is 0.321 e. The van der Waals surface area contributed by atoms with Crippen molar-refractivity contribution in [2.75, 3.05) is 0 Å². The zero-order valence-electron chi connectivity index (χ0n) is 7.29. The van der Waals surface area contributed by atoms with Crippen LogP contribution in [0.2, 0.25) is 0 Å². The number of hydrogen-bond donors (Lipinski definition) is 3. The fourth-order valence-electron chi connectivity index (χ4n) is 0.169. The molecule has 0 fully saturated rings. The van der Waals surface area contributed by atoms with Crippen molar-refractivity contribution >= 4 is 11.9 Å². The first-order valence-corrected chi connectivity index (χ1v) is 1.89. The maximum absolute atomic E-state index is 10.2. The molecule has 0 aromatic heterocycles. The number of nitrogens with two attached hydrogens (primary N) is 1. The summed E-state index contributed by atoms with van der Waals surface area (Å²) >= 11 is 0. The SMILES string of the molecule is [2H]C([2H])(C(=O)O)[C@@]([2H])(N)C(=O)O. The van der Waals surface area contributed by atoms with Gasteiger partial charge in [-0.15, -0.1) is 0 Å². The Morgan fingerprint density at radius 3 is 2.33 bits per heavy atom. The number of carboxylic acid groups (broad SMARTS) is 2. The third kappa shape index (κ3) is 3.48. The van der Waals surface area contributed by atoms with Crippen LogP contribution in [-0.4, -0.2) is 28.2 Å². The van der Waals surface area contributed by atoms with Gasteiger partial charge < -0.3 is 15.9 Å². The predicted molar refractivity (Wildman–Crippen MR) is 27.9 cm³/mol. The summed E-state index contributed by atoms with van der Waals surface area (Å²) in [5.74, 6) is -4.11. The van der Waals surface area contributed by atoms with Gasteiger partial charge in [0.25, 0.3) is 0 Å². The largest absolute Gasteiger partial charge is 0.481 e. The Kier molecular flexibility index (Phi) is 1.29. The van der Waals surface area contributed by atoms with Gasteiger partial charge in [0.05, 0.1) is 7.74 Å². The minimum Gasteiger partial charge on any atom is -0.481 e. The predicted octanol–water partition coefficient (Wildman–Crippen LogP) is -1.13. The topological polar surface area (TPSA) is 101 Å². The Morgan fingerprint density at radius 1 is 1.78 bits per heavy atom. The van der Waals surface area contributed by atoms with E-state index < -0.39 is 24.3 Å². The number of aliphatic carboxylic acids is 2. The fourth-order valence-corrected chi connectivity index (χ4v) is 0.169. The molecule has 0 amide bonds. The Bertz CT molecular complexity index is 202. The van der Waals surface area contributed by atoms with Crippen molar-refractivity contribution in [1.82, 2.24) is 0 Å². The molecule has 0 aromatic carbocycles. The molecule has 0 radical (unpaired) electrons. The van der Waals surface area contributed by atoms with Gasteiger partial charge in [0.2, 0.25) is 0 Å². The average molecular weight is 136 g/mol. The van der Waals surface area contributed by atoms with Crippen molar-refractivity contribution in [2.24, 2.45) is 5.73 Å². The van der Waals surface area contributed by atoms with Crippen molar-refractivity contribution in [1.29, 1.82) is 0 Å². The Hall–Kier alpha value is -1.10. The second-order valence-corrected chi connectivity index (χ2v) is 1.15. The van der Waals surface area contributed by atoms with Crippen molar-refractivity contribution in [2.45, 2.75) is 12.4 Å². The van der Waals surface area contributed by atoms with Gasteiger partial charge in [-0.2, -0.15) is 0 Å². The Labute approximate surface area is 55.3 Å². The van der Waals surface area contributed by atoms with E-state index in [1.54, 1.807) is 0 Å². The van der Waals surface area contributed by atoms with E-state index in [1.165, 1.54) is 0 Å². The van der Waals surface area contributed by atoms with E-state index in [4.69, 9.17) is 14.3 Å². The first kappa shape index (κ1) is 3.84. The molecule has 1 atom stereocenters. The van der Waals surface area contributed by atoms with Gasteiger partial charge in [-0.3, -0.25) is 9.59 Å². The lowest BCUT2D eigenvalue weighted by Gasteiger charge is -1.99. The highest BCUT2D eigenvalue weighted by Gasteiger charge is 2.14. The fraction of sp³-hybridized carbons (Fsp3) is 0.500. The van der Waals surface area contributed by atoms with E-state index in [9.17, 15) is 9.59 Å². The van der Waals surface area contributed by atoms with E-state index in [-0.39, 0.29) is 0 Å².